The summed E-state index contributed by atoms with van der Waals surface area (Å²) >= 11 is 0. The Hall–Kier alpha value is -3.81. The highest BCUT2D eigenvalue weighted by molar-refractivity contribution is 7.89. The molecular formula is C25H26N4O5S. The summed E-state index contributed by atoms with van der Waals surface area (Å²) in [6.07, 6.45) is 1.57. The summed E-state index contributed by atoms with van der Waals surface area (Å²) < 4.78 is 34.5. The number of Topliss-reactive ketones (excluding diaryl/α,β-unsaturated/α-hetero) is 1. The zero-order valence-corrected chi connectivity index (χ0v) is 20.3. The minimum Gasteiger partial charge on any atom is -0.493 e. The molecule has 1 atom stereocenters. The van der Waals surface area contributed by atoms with Crippen molar-refractivity contribution in [3.63, 3.8) is 0 Å². The van der Waals surface area contributed by atoms with Gasteiger partial charge in [0.1, 0.15) is 5.82 Å². The first kappa shape index (κ1) is 24.3. The molecule has 0 spiro atoms. The number of carbonyl (C=O) groups is 1. The summed E-state index contributed by atoms with van der Waals surface area (Å²) in [5, 5.41) is 15.4. The van der Waals surface area contributed by atoms with Gasteiger partial charge in [0.15, 0.2) is 17.3 Å². The van der Waals surface area contributed by atoms with Gasteiger partial charge >= 0.3 is 0 Å². The Labute approximate surface area is 204 Å². The van der Waals surface area contributed by atoms with Crippen molar-refractivity contribution in [2.75, 3.05) is 18.6 Å². The zero-order chi connectivity index (χ0) is 25.3. The van der Waals surface area contributed by atoms with E-state index in [1.165, 1.54) is 12.1 Å². The number of nitrogens with two attached hydrogens (primary N) is 2. The number of primary sulfonamides is 1. The molecule has 2 aliphatic rings. The largest absolute Gasteiger partial charge is 0.493 e. The Balaban J connectivity index is 1.91. The van der Waals surface area contributed by atoms with E-state index in [1.807, 2.05) is 6.92 Å². The first-order chi connectivity index (χ1) is 16.7. The predicted octanol–water partition coefficient (Wildman–Crippen LogP) is 3.05. The Morgan fingerprint density at radius 2 is 1.86 bits per heavy atom. The van der Waals surface area contributed by atoms with Crippen LogP contribution >= 0.6 is 0 Å². The summed E-state index contributed by atoms with van der Waals surface area (Å²) in [5.41, 5.74) is 9.21. The van der Waals surface area contributed by atoms with Crippen molar-refractivity contribution in [3.05, 3.63) is 70.7 Å². The minimum absolute atomic E-state index is 0.0465. The van der Waals surface area contributed by atoms with Crippen LogP contribution < -0.4 is 25.2 Å². The number of methoxy groups -OCH3 is 1. The van der Waals surface area contributed by atoms with E-state index >= 15 is 0 Å². The smallest absolute Gasteiger partial charge is 0.238 e. The van der Waals surface area contributed by atoms with Crippen molar-refractivity contribution in [2.45, 2.75) is 37.0 Å². The van der Waals surface area contributed by atoms with Gasteiger partial charge in [0, 0.05) is 23.4 Å². The number of ether oxygens (including phenoxy) is 2. The normalized spacial score (nSPS) is 18.3. The number of nitrogens with zero attached hydrogens (tertiary/aromatic N) is 2. The van der Waals surface area contributed by atoms with Crippen LogP contribution in [0.4, 0.5) is 5.69 Å². The monoisotopic (exact) mass is 494 g/mol. The number of ketones is 1. The van der Waals surface area contributed by atoms with E-state index in [1.54, 1.807) is 42.3 Å². The molecule has 4 N–H and O–H groups in total. The van der Waals surface area contributed by atoms with E-state index in [0.29, 0.717) is 59.9 Å². The Morgan fingerprint density at radius 3 is 2.46 bits per heavy atom. The Bertz CT molecular complexity index is 1390. The number of carbonyl (C=O) groups excluding carboxylic acids is 1. The summed E-state index contributed by atoms with van der Waals surface area (Å²) in [5.74, 6) is 0.518. The molecule has 2 aromatic rings. The Kier molecular flexibility index (Phi) is 6.56. The summed E-state index contributed by atoms with van der Waals surface area (Å²) in [6, 6.07) is 13.4. The van der Waals surface area contributed by atoms with Crippen LogP contribution in [0.3, 0.4) is 0 Å². The fourth-order valence-electron chi connectivity index (χ4n) is 4.64. The molecule has 4 rings (SSSR count). The molecule has 1 aliphatic heterocycles. The molecule has 0 amide bonds. The fraction of sp³-hybridized carbons (Fsp3) is 0.280. The van der Waals surface area contributed by atoms with Crippen molar-refractivity contribution in [3.8, 4) is 17.6 Å². The molecule has 0 radical (unpaired) electrons. The first-order valence-electron chi connectivity index (χ1n) is 11.1. The SMILES string of the molecule is CCOc1cc(C2C(C#N)=C(N)N(c3ccc(S(N)(=O)=O)cc3)C3=C2C(=O)CCC3)ccc1OC. The summed E-state index contributed by atoms with van der Waals surface area (Å²) in [6.45, 7) is 2.28. The number of anilines is 1. The van der Waals surface area contributed by atoms with Gasteiger partial charge in [-0.15, -0.1) is 0 Å². The zero-order valence-electron chi connectivity index (χ0n) is 19.4. The molecule has 2 aromatic carbocycles. The third kappa shape index (κ3) is 4.36. The van der Waals surface area contributed by atoms with Crippen LogP contribution in [-0.4, -0.2) is 27.9 Å². The lowest BCUT2D eigenvalue weighted by atomic mass is 9.75. The van der Waals surface area contributed by atoms with E-state index in [-0.39, 0.29) is 22.1 Å². The fourth-order valence-corrected chi connectivity index (χ4v) is 5.16. The van der Waals surface area contributed by atoms with Crippen molar-refractivity contribution >= 4 is 21.5 Å². The third-order valence-electron chi connectivity index (χ3n) is 6.16. The topological polar surface area (TPSA) is 149 Å². The van der Waals surface area contributed by atoms with Gasteiger partial charge in [0.2, 0.25) is 10.0 Å². The van der Waals surface area contributed by atoms with Crippen LogP contribution in [0.2, 0.25) is 0 Å². The summed E-state index contributed by atoms with van der Waals surface area (Å²) in [7, 11) is -2.33. The minimum atomic E-state index is -3.87. The number of sulfonamides is 1. The molecule has 0 fully saturated rings. The molecule has 1 unspecified atom stereocenters. The standard InChI is InChI=1S/C25H26N4O5S/c1-3-34-22-13-15(7-12-21(22)33-2)23-18(14-26)25(27)29(19-5-4-6-20(30)24(19)23)16-8-10-17(11-9-16)35(28,31)32/h7-13,23H,3-6,27H2,1-2H3,(H2,28,31,32). The molecule has 9 nitrogen and oxygen atoms in total. The summed E-state index contributed by atoms with van der Waals surface area (Å²) in [4.78, 5) is 14.9. The second-order valence-electron chi connectivity index (χ2n) is 8.20. The molecule has 182 valence electrons. The number of rotatable bonds is 6. The van der Waals surface area contributed by atoms with E-state index in [9.17, 15) is 18.5 Å². The molecule has 1 aliphatic carbocycles. The molecule has 10 heteroatoms. The number of allylic oxidation sites excluding steroid dienone is 3. The first-order valence-corrected chi connectivity index (χ1v) is 12.7. The second-order valence-corrected chi connectivity index (χ2v) is 9.76. The van der Waals surface area contributed by atoms with E-state index in [2.05, 4.69) is 6.07 Å². The molecule has 0 saturated carbocycles. The average Bonchev–Trinajstić information content (AvgIpc) is 2.83. The van der Waals surface area contributed by atoms with Gasteiger partial charge in [0.25, 0.3) is 0 Å². The van der Waals surface area contributed by atoms with Gasteiger partial charge < -0.3 is 15.2 Å². The molecule has 1 heterocycles. The van der Waals surface area contributed by atoms with E-state index in [4.69, 9.17) is 20.3 Å². The van der Waals surface area contributed by atoms with Crippen molar-refractivity contribution in [2.24, 2.45) is 10.9 Å². The van der Waals surface area contributed by atoms with Gasteiger partial charge in [-0.1, -0.05) is 6.07 Å². The molecule has 35 heavy (non-hydrogen) atoms. The third-order valence-corrected chi connectivity index (χ3v) is 7.09. The maximum Gasteiger partial charge on any atom is 0.238 e. The quantitative estimate of drug-likeness (QED) is 0.622. The van der Waals surface area contributed by atoms with Crippen LogP contribution in [0, 0.1) is 11.3 Å². The molecule has 0 aromatic heterocycles. The maximum absolute atomic E-state index is 13.3. The van der Waals surface area contributed by atoms with Gasteiger partial charge in [-0.05, 0) is 61.7 Å². The van der Waals surface area contributed by atoms with Crippen LogP contribution in [0.15, 0.2) is 70.0 Å². The lowest BCUT2D eigenvalue weighted by molar-refractivity contribution is -0.116. The van der Waals surface area contributed by atoms with Gasteiger partial charge in [-0.2, -0.15) is 5.26 Å². The molecule has 0 bridgehead atoms. The second kappa shape index (κ2) is 9.44. The average molecular weight is 495 g/mol. The highest BCUT2D eigenvalue weighted by Crippen LogP contribution is 2.47. The van der Waals surface area contributed by atoms with Gasteiger partial charge in [-0.3, -0.25) is 9.69 Å². The van der Waals surface area contributed by atoms with Crippen molar-refractivity contribution in [1.29, 1.82) is 5.26 Å². The maximum atomic E-state index is 13.3. The lowest BCUT2D eigenvalue weighted by Crippen LogP contribution is -2.38. The van der Waals surface area contributed by atoms with E-state index < -0.39 is 15.9 Å². The van der Waals surface area contributed by atoms with Gasteiger partial charge in [-0.25, -0.2) is 13.6 Å². The van der Waals surface area contributed by atoms with Gasteiger partial charge in [0.05, 0.1) is 36.2 Å². The number of hydrogen-bond acceptors (Lipinski definition) is 8. The van der Waals surface area contributed by atoms with Crippen molar-refractivity contribution < 1.29 is 22.7 Å². The van der Waals surface area contributed by atoms with Crippen LogP contribution in [-0.2, 0) is 14.8 Å². The van der Waals surface area contributed by atoms with Crippen molar-refractivity contribution in [1.82, 2.24) is 0 Å². The number of nitriles is 1. The van der Waals surface area contributed by atoms with Crippen LogP contribution in [0.1, 0.15) is 37.7 Å². The predicted molar refractivity (Wildman–Crippen MR) is 130 cm³/mol. The van der Waals surface area contributed by atoms with Crippen LogP contribution in [0.25, 0.3) is 0 Å². The molecular weight excluding hydrogens is 468 g/mol. The van der Waals surface area contributed by atoms with E-state index in [0.717, 1.165) is 0 Å². The van der Waals surface area contributed by atoms with Crippen LogP contribution in [0.5, 0.6) is 11.5 Å². The highest BCUT2D eigenvalue weighted by atomic mass is 32.2. The number of hydrogen-bond donors (Lipinski definition) is 2. The highest BCUT2D eigenvalue weighted by Gasteiger charge is 2.40. The Morgan fingerprint density at radius 1 is 1.14 bits per heavy atom. The lowest BCUT2D eigenvalue weighted by Gasteiger charge is -2.39. The number of benzene rings is 2. The molecule has 0 saturated heterocycles.